The second-order valence-corrected chi connectivity index (χ2v) is 6.46. The van der Waals surface area contributed by atoms with Gasteiger partial charge in [-0.3, -0.25) is 0 Å². The van der Waals surface area contributed by atoms with E-state index >= 15 is 0 Å². The van der Waals surface area contributed by atoms with E-state index in [1.807, 2.05) is 0 Å². The summed E-state index contributed by atoms with van der Waals surface area (Å²) in [6, 6.07) is 9.47. The van der Waals surface area contributed by atoms with Crippen LogP contribution in [0.5, 0.6) is 0 Å². The van der Waals surface area contributed by atoms with Gasteiger partial charge in [0, 0.05) is 5.54 Å². The Kier molecular flexibility index (Phi) is 5.22. The van der Waals surface area contributed by atoms with Crippen molar-refractivity contribution >= 4 is 0 Å². The molecule has 1 fully saturated rings. The van der Waals surface area contributed by atoms with Gasteiger partial charge in [0.15, 0.2) is 0 Å². The highest BCUT2D eigenvalue weighted by Gasteiger charge is 2.42. The Hall–Kier alpha value is -0.860. The molecule has 0 amide bonds. The van der Waals surface area contributed by atoms with E-state index in [-0.39, 0.29) is 5.54 Å². The summed E-state index contributed by atoms with van der Waals surface area (Å²) in [6.45, 7) is 5.43. The van der Waals surface area contributed by atoms with Crippen molar-refractivity contribution in [1.82, 2.24) is 10.2 Å². The zero-order chi connectivity index (χ0) is 14.6. The Morgan fingerprint density at radius 3 is 2.45 bits per heavy atom. The molecular weight excluding hydrogens is 244 g/mol. The summed E-state index contributed by atoms with van der Waals surface area (Å²) in [5.41, 5.74) is 3.07. The molecule has 0 heterocycles. The fraction of sp³-hybridized carbons (Fsp3) is 0.667. The molecule has 1 aromatic carbocycles. The number of hydrogen-bond donors (Lipinski definition) is 1. The number of hydrogen-bond acceptors (Lipinski definition) is 2. The van der Waals surface area contributed by atoms with Crippen LogP contribution >= 0.6 is 0 Å². The van der Waals surface area contributed by atoms with Crippen molar-refractivity contribution < 1.29 is 0 Å². The number of nitrogens with one attached hydrogen (secondary N) is 1. The molecule has 0 radical (unpaired) electrons. The third kappa shape index (κ3) is 3.07. The van der Waals surface area contributed by atoms with E-state index in [0.29, 0.717) is 6.04 Å². The number of likely N-dealkylation sites (N-methyl/N-ethyl adjacent to an activating group) is 2. The molecule has 112 valence electrons. The minimum Gasteiger partial charge on any atom is -0.309 e. The molecule has 2 rings (SSSR count). The lowest BCUT2D eigenvalue weighted by atomic mass is 9.73. The zero-order valence-electron chi connectivity index (χ0n) is 13.6. The van der Waals surface area contributed by atoms with Crippen molar-refractivity contribution in [2.75, 3.05) is 20.6 Å². The van der Waals surface area contributed by atoms with Crippen LogP contribution in [0.4, 0.5) is 0 Å². The maximum atomic E-state index is 3.78. The fourth-order valence-corrected chi connectivity index (χ4v) is 3.83. The normalized spacial score (nSPS) is 20.1. The van der Waals surface area contributed by atoms with Crippen LogP contribution in [0.2, 0.25) is 0 Å². The van der Waals surface area contributed by atoms with E-state index in [0.717, 1.165) is 6.54 Å². The van der Waals surface area contributed by atoms with E-state index < -0.39 is 0 Å². The molecule has 20 heavy (non-hydrogen) atoms. The first-order valence-corrected chi connectivity index (χ1v) is 8.07. The van der Waals surface area contributed by atoms with Gasteiger partial charge in [0.05, 0.1) is 6.04 Å². The lowest BCUT2D eigenvalue weighted by Crippen LogP contribution is -2.54. The molecule has 0 bridgehead atoms. The Labute approximate surface area is 124 Å². The molecule has 0 aliphatic heterocycles. The SMILES string of the molecule is CCNC(c1cccc(C)c1)C1(N(C)C)CCCCC1. The zero-order valence-corrected chi connectivity index (χ0v) is 13.6. The van der Waals surface area contributed by atoms with Gasteiger partial charge < -0.3 is 10.2 Å². The average Bonchev–Trinajstić information content (AvgIpc) is 2.45. The third-order valence-electron chi connectivity index (χ3n) is 4.93. The third-order valence-corrected chi connectivity index (χ3v) is 4.93. The lowest BCUT2D eigenvalue weighted by molar-refractivity contribution is 0.0570. The molecule has 1 atom stereocenters. The lowest BCUT2D eigenvalue weighted by Gasteiger charge is -2.49. The molecule has 2 nitrogen and oxygen atoms in total. The van der Waals surface area contributed by atoms with E-state index in [9.17, 15) is 0 Å². The summed E-state index contributed by atoms with van der Waals surface area (Å²) in [7, 11) is 4.51. The predicted molar refractivity (Wildman–Crippen MR) is 87.1 cm³/mol. The largest absolute Gasteiger partial charge is 0.309 e. The first-order chi connectivity index (χ1) is 9.60. The minimum atomic E-state index is 0.266. The van der Waals surface area contributed by atoms with Gasteiger partial charge in [0.1, 0.15) is 0 Å². The summed E-state index contributed by atoms with van der Waals surface area (Å²) in [5.74, 6) is 0. The maximum Gasteiger partial charge on any atom is 0.0506 e. The van der Waals surface area contributed by atoms with Crippen LogP contribution < -0.4 is 5.32 Å². The van der Waals surface area contributed by atoms with Gasteiger partial charge in [-0.25, -0.2) is 0 Å². The molecule has 0 saturated heterocycles. The first kappa shape index (κ1) is 15.5. The molecule has 1 aliphatic rings. The number of nitrogens with zero attached hydrogens (tertiary/aromatic N) is 1. The average molecular weight is 274 g/mol. The summed E-state index contributed by atoms with van der Waals surface area (Å²) < 4.78 is 0. The van der Waals surface area contributed by atoms with Crippen molar-refractivity contribution in [3.63, 3.8) is 0 Å². The Bertz CT molecular complexity index is 419. The van der Waals surface area contributed by atoms with Crippen LogP contribution in [0.15, 0.2) is 24.3 Å². The van der Waals surface area contributed by atoms with Crippen molar-refractivity contribution in [3.8, 4) is 0 Å². The van der Waals surface area contributed by atoms with Gasteiger partial charge in [-0.1, -0.05) is 56.0 Å². The monoisotopic (exact) mass is 274 g/mol. The molecule has 1 aromatic rings. The van der Waals surface area contributed by atoms with Crippen molar-refractivity contribution in [2.45, 2.75) is 57.5 Å². The van der Waals surface area contributed by atoms with Gasteiger partial charge in [0.2, 0.25) is 0 Å². The number of aryl methyl sites for hydroxylation is 1. The second kappa shape index (κ2) is 6.73. The number of rotatable bonds is 5. The molecule has 0 aromatic heterocycles. The molecular formula is C18H30N2. The van der Waals surface area contributed by atoms with Crippen LogP contribution in [-0.2, 0) is 0 Å². The topological polar surface area (TPSA) is 15.3 Å². The van der Waals surface area contributed by atoms with Crippen LogP contribution in [0.1, 0.15) is 56.2 Å². The summed E-state index contributed by atoms with van der Waals surface area (Å²) in [4.78, 5) is 2.47. The Balaban J connectivity index is 2.38. The highest BCUT2D eigenvalue weighted by molar-refractivity contribution is 5.28. The van der Waals surface area contributed by atoms with Gasteiger partial charge in [-0.05, 0) is 46.0 Å². The summed E-state index contributed by atoms with van der Waals surface area (Å²) in [6.07, 6.45) is 6.69. The molecule has 0 spiro atoms. The van der Waals surface area contributed by atoms with E-state index in [4.69, 9.17) is 0 Å². The van der Waals surface area contributed by atoms with Crippen molar-refractivity contribution in [1.29, 1.82) is 0 Å². The van der Waals surface area contributed by atoms with Gasteiger partial charge in [-0.2, -0.15) is 0 Å². The number of benzene rings is 1. The van der Waals surface area contributed by atoms with E-state index in [1.165, 1.54) is 43.2 Å². The molecule has 1 aliphatic carbocycles. The Morgan fingerprint density at radius 2 is 1.90 bits per heavy atom. The van der Waals surface area contributed by atoms with Gasteiger partial charge >= 0.3 is 0 Å². The maximum absolute atomic E-state index is 3.78. The van der Waals surface area contributed by atoms with Crippen LogP contribution in [0.25, 0.3) is 0 Å². The summed E-state index contributed by atoms with van der Waals surface area (Å²) >= 11 is 0. The van der Waals surface area contributed by atoms with E-state index in [1.54, 1.807) is 0 Å². The van der Waals surface area contributed by atoms with Crippen LogP contribution in [0, 0.1) is 6.92 Å². The van der Waals surface area contributed by atoms with E-state index in [2.05, 4.69) is 62.4 Å². The molecule has 1 unspecified atom stereocenters. The Morgan fingerprint density at radius 1 is 1.20 bits per heavy atom. The van der Waals surface area contributed by atoms with Gasteiger partial charge in [0.25, 0.3) is 0 Å². The quantitative estimate of drug-likeness (QED) is 0.875. The molecule has 1 N–H and O–H groups in total. The predicted octanol–water partition coefficient (Wildman–Crippen LogP) is 3.91. The summed E-state index contributed by atoms with van der Waals surface area (Å²) in [5, 5.41) is 3.78. The highest BCUT2D eigenvalue weighted by Crippen LogP contribution is 2.42. The van der Waals surface area contributed by atoms with Gasteiger partial charge in [-0.15, -0.1) is 0 Å². The fourth-order valence-electron chi connectivity index (χ4n) is 3.83. The van der Waals surface area contributed by atoms with Crippen LogP contribution in [0.3, 0.4) is 0 Å². The molecule has 1 saturated carbocycles. The first-order valence-electron chi connectivity index (χ1n) is 8.07. The highest BCUT2D eigenvalue weighted by atomic mass is 15.2. The van der Waals surface area contributed by atoms with Crippen molar-refractivity contribution in [2.24, 2.45) is 0 Å². The van der Waals surface area contributed by atoms with Crippen molar-refractivity contribution in [3.05, 3.63) is 35.4 Å². The standard InChI is InChI=1S/C18H30N2/c1-5-19-17(16-11-9-10-15(2)14-16)18(20(3)4)12-7-6-8-13-18/h9-11,14,17,19H,5-8,12-13H2,1-4H3. The second-order valence-electron chi connectivity index (χ2n) is 6.46. The van der Waals surface area contributed by atoms with Crippen LogP contribution in [-0.4, -0.2) is 31.1 Å². The molecule has 2 heteroatoms. The minimum absolute atomic E-state index is 0.266. The smallest absolute Gasteiger partial charge is 0.0506 e.